The van der Waals surface area contributed by atoms with Crippen molar-refractivity contribution in [1.29, 1.82) is 0 Å². The van der Waals surface area contributed by atoms with Crippen molar-refractivity contribution < 1.29 is 9.53 Å². The first-order valence-electron chi connectivity index (χ1n) is 7.37. The van der Waals surface area contributed by atoms with E-state index < -0.39 is 0 Å². The van der Waals surface area contributed by atoms with Gasteiger partial charge in [-0.25, -0.2) is 0 Å². The Morgan fingerprint density at radius 3 is 2.37 bits per heavy atom. The van der Waals surface area contributed by atoms with Gasteiger partial charge in [-0.2, -0.15) is 0 Å². The fraction of sp³-hybridized carbons (Fsp3) is 0.800. The number of carbonyl (C=O) groups is 1. The van der Waals surface area contributed by atoms with E-state index in [9.17, 15) is 4.79 Å². The second kappa shape index (κ2) is 11.0. The van der Waals surface area contributed by atoms with Crippen molar-refractivity contribution in [3.8, 4) is 0 Å². The van der Waals surface area contributed by atoms with E-state index in [4.69, 9.17) is 4.74 Å². The predicted molar refractivity (Wildman–Crippen MR) is 80.2 cm³/mol. The summed E-state index contributed by atoms with van der Waals surface area (Å²) in [5.74, 6) is 0.549. The fourth-order valence-electron chi connectivity index (χ4n) is 1.70. The summed E-state index contributed by atoms with van der Waals surface area (Å²) in [6.45, 7) is 14.9. The first-order valence-corrected chi connectivity index (χ1v) is 7.37. The highest BCUT2D eigenvalue weighted by molar-refractivity contribution is 5.93. The van der Waals surface area contributed by atoms with Crippen LogP contribution in [-0.2, 0) is 9.53 Å². The first-order chi connectivity index (χ1) is 9.13. The maximum absolute atomic E-state index is 11.9. The van der Waals surface area contributed by atoms with Crippen molar-refractivity contribution in [3.63, 3.8) is 0 Å². The highest BCUT2D eigenvalue weighted by Gasteiger charge is 2.15. The molecule has 1 N–H and O–H groups in total. The molecule has 4 nitrogen and oxygen atoms in total. The summed E-state index contributed by atoms with van der Waals surface area (Å²) in [5, 5.41) is 2.96. The van der Waals surface area contributed by atoms with E-state index in [0.29, 0.717) is 5.92 Å². The van der Waals surface area contributed by atoms with Gasteiger partial charge in [0, 0.05) is 31.8 Å². The number of rotatable bonds is 5. The summed E-state index contributed by atoms with van der Waals surface area (Å²) in [7, 11) is 0. The lowest BCUT2D eigenvalue weighted by atomic mass is 10.2. The highest BCUT2D eigenvalue weighted by atomic mass is 16.5. The van der Waals surface area contributed by atoms with E-state index >= 15 is 0 Å². The molecule has 0 unspecified atom stereocenters. The Labute approximate surface area is 118 Å². The van der Waals surface area contributed by atoms with Crippen LogP contribution in [0.2, 0.25) is 0 Å². The molecule has 1 rings (SSSR count). The summed E-state index contributed by atoms with van der Waals surface area (Å²) in [6, 6.07) is 0. The fourth-order valence-corrected chi connectivity index (χ4v) is 1.70. The second-order valence-corrected chi connectivity index (χ2v) is 4.81. The molecule has 1 aliphatic heterocycles. The standard InChI is InChI=1S/C13H24N2O2.C2H6/c1-4-12(13(16)14-9-11(2)3)10-15-5-7-17-8-6-15;1-2/h4,11H,5-10H2,1-3H3,(H,14,16);1-2H3/b12-4+;. The van der Waals surface area contributed by atoms with Crippen LogP contribution in [0.5, 0.6) is 0 Å². The monoisotopic (exact) mass is 270 g/mol. The number of ether oxygens (including phenoxy) is 1. The average molecular weight is 270 g/mol. The Kier molecular flexibility index (Phi) is 10.5. The minimum atomic E-state index is 0.0627. The van der Waals surface area contributed by atoms with Crippen LogP contribution in [0, 0.1) is 5.92 Å². The molecular weight excluding hydrogens is 240 g/mol. The third kappa shape index (κ3) is 8.01. The largest absolute Gasteiger partial charge is 0.379 e. The van der Waals surface area contributed by atoms with Crippen molar-refractivity contribution in [1.82, 2.24) is 10.2 Å². The van der Waals surface area contributed by atoms with Gasteiger partial charge in [0.15, 0.2) is 0 Å². The zero-order valence-corrected chi connectivity index (χ0v) is 13.2. The molecule has 1 fully saturated rings. The summed E-state index contributed by atoms with van der Waals surface area (Å²) < 4.78 is 5.29. The van der Waals surface area contributed by atoms with E-state index in [2.05, 4.69) is 24.1 Å². The molecule has 0 bridgehead atoms. The average Bonchev–Trinajstić information content (AvgIpc) is 2.45. The third-order valence-electron chi connectivity index (χ3n) is 2.81. The number of amides is 1. The second-order valence-electron chi connectivity index (χ2n) is 4.81. The van der Waals surface area contributed by atoms with Gasteiger partial charge in [0.2, 0.25) is 5.91 Å². The molecule has 0 aromatic carbocycles. The third-order valence-corrected chi connectivity index (χ3v) is 2.81. The topological polar surface area (TPSA) is 41.6 Å². The van der Waals surface area contributed by atoms with E-state index in [1.807, 2.05) is 26.8 Å². The van der Waals surface area contributed by atoms with Crippen LogP contribution < -0.4 is 5.32 Å². The van der Waals surface area contributed by atoms with Gasteiger partial charge < -0.3 is 10.1 Å². The zero-order chi connectivity index (χ0) is 14.7. The Morgan fingerprint density at radius 1 is 1.32 bits per heavy atom. The van der Waals surface area contributed by atoms with Gasteiger partial charge in [0.05, 0.1) is 13.2 Å². The summed E-state index contributed by atoms with van der Waals surface area (Å²) in [5.41, 5.74) is 0.854. The SMILES string of the molecule is C/C=C(\CN1CCOCC1)C(=O)NCC(C)C.CC. The molecule has 0 atom stereocenters. The van der Waals surface area contributed by atoms with Crippen molar-refractivity contribution in [3.05, 3.63) is 11.6 Å². The normalized spacial score (nSPS) is 16.8. The van der Waals surface area contributed by atoms with Crippen LogP contribution in [0.4, 0.5) is 0 Å². The molecule has 0 aromatic rings. The number of hydrogen-bond donors (Lipinski definition) is 1. The van der Waals surface area contributed by atoms with E-state index in [1.165, 1.54) is 0 Å². The molecular formula is C15H30N2O2. The molecule has 0 aliphatic carbocycles. The first kappa shape index (κ1) is 18.1. The Balaban J connectivity index is 0.00000154. The number of allylic oxidation sites excluding steroid dienone is 1. The zero-order valence-electron chi connectivity index (χ0n) is 13.2. The molecule has 1 heterocycles. The number of nitrogens with zero attached hydrogens (tertiary/aromatic N) is 1. The maximum atomic E-state index is 11.9. The van der Waals surface area contributed by atoms with Gasteiger partial charge in [0.1, 0.15) is 0 Å². The van der Waals surface area contributed by atoms with Gasteiger partial charge in [-0.15, -0.1) is 0 Å². The van der Waals surface area contributed by atoms with Crippen molar-refractivity contribution >= 4 is 5.91 Å². The van der Waals surface area contributed by atoms with Crippen molar-refractivity contribution in [2.24, 2.45) is 5.92 Å². The van der Waals surface area contributed by atoms with Gasteiger partial charge >= 0.3 is 0 Å². The van der Waals surface area contributed by atoms with Crippen LogP contribution >= 0.6 is 0 Å². The number of carbonyl (C=O) groups excluding carboxylic acids is 1. The maximum Gasteiger partial charge on any atom is 0.248 e. The summed E-state index contributed by atoms with van der Waals surface area (Å²) >= 11 is 0. The molecule has 0 aromatic heterocycles. The molecule has 0 radical (unpaired) electrons. The predicted octanol–water partition coefficient (Wildman–Crippen LogP) is 2.06. The van der Waals surface area contributed by atoms with Gasteiger partial charge in [-0.05, 0) is 12.8 Å². The van der Waals surface area contributed by atoms with E-state index in [1.54, 1.807) is 0 Å². The quantitative estimate of drug-likeness (QED) is 0.778. The molecule has 1 aliphatic rings. The molecule has 0 spiro atoms. The van der Waals surface area contributed by atoms with Crippen LogP contribution in [0.1, 0.15) is 34.6 Å². The number of nitrogens with one attached hydrogen (secondary N) is 1. The minimum absolute atomic E-state index is 0.0627. The lowest BCUT2D eigenvalue weighted by Gasteiger charge is -2.27. The molecule has 112 valence electrons. The number of morpholine rings is 1. The lowest BCUT2D eigenvalue weighted by molar-refractivity contribution is -0.118. The molecule has 4 heteroatoms. The molecule has 0 saturated carbocycles. The lowest BCUT2D eigenvalue weighted by Crippen LogP contribution is -2.40. The van der Waals surface area contributed by atoms with Gasteiger partial charge in [-0.3, -0.25) is 9.69 Å². The molecule has 19 heavy (non-hydrogen) atoms. The minimum Gasteiger partial charge on any atom is -0.379 e. The molecule has 1 amide bonds. The number of hydrogen-bond acceptors (Lipinski definition) is 3. The van der Waals surface area contributed by atoms with Crippen LogP contribution in [0.25, 0.3) is 0 Å². The van der Waals surface area contributed by atoms with E-state index in [0.717, 1.165) is 45.0 Å². The van der Waals surface area contributed by atoms with Crippen LogP contribution in [0.3, 0.4) is 0 Å². The van der Waals surface area contributed by atoms with Crippen molar-refractivity contribution in [2.45, 2.75) is 34.6 Å². The summed E-state index contributed by atoms with van der Waals surface area (Å²) in [6.07, 6.45) is 1.91. The van der Waals surface area contributed by atoms with E-state index in [-0.39, 0.29) is 5.91 Å². The van der Waals surface area contributed by atoms with Crippen LogP contribution in [0.15, 0.2) is 11.6 Å². The molecule has 1 saturated heterocycles. The smallest absolute Gasteiger partial charge is 0.248 e. The highest BCUT2D eigenvalue weighted by Crippen LogP contribution is 2.03. The van der Waals surface area contributed by atoms with Gasteiger partial charge in [-0.1, -0.05) is 33.8 Å². The Hall–Kier alpha value is -0.870. The van der Waals surface area contributed by atoms with Gasteiger partial charge in [0.25, 0.3) is 0 Å². The summed E-state index contributed by atoms with van der Waals surface area (Å²) in [4.78, 5) is 14.2. The van der Waals surface area contributed by atoms with Crippen LogP contribution in [-0.4, -0.2) is 50.2 Å². The Morgan fingerprint density at radius 2 is 1.89 bits per heavy atom. The Bertz CT molecular complexity index is 269. The van der Waals surface area contributed by atoms with Crippen molar-refractivity contribution in [2.75, 3.05) is 39.4 Å².